The van der Waals surface area contributed by atoms with Crippen LogP contribution < -0.4 is 0 Å². The Morgan fingerprint density at radius 2 is 1.79 bits per heavy atom. The molecule has 1 N–H and O–H groups in total. The van der Waals surface area contributed by atoms with Gasteiger partial charge >= 0.3 is 0 Å². The van der Waals surface area contributed by atoms with E-state index in [0.717, 1.165) is 23.4 Å². The molecule has 170 valence electrons. The van der Waals surface area contributed by atoms with Crippen LogP contribution in [0.4, 0.5) is 0 Å². The fraction of sp³-hybridized carbons (Fsp3) is 0.333. The topological polar surface area (TPSA) is 96.0 Å². The molecule has 0 aliphatic heterocycles. The van der Waals surface area contributed by atoms with Gasteiger partial charge in [0, 0.05) is 25.5 Å². The summed E-state index contributed by atoms with van der Waals surface area (Å²) in [4.78, 5) is 28.6. The molecule has 0 fully saturated rings. The van der Waals surface area contributed by atoms with Crippen molar-refractivity contribution in [1.82, 2.24) is 9.55 Å². The zero-order valence-electron chi connectivity index (χ0n) is 19.5. The molecular weight excluding hydrogens is 414 g/mol. The lowest BCUT2D eigenvalue weighted by Crippen LogP contribution is -2.11. The molecule has 6 heteroatoms. The van der Waals surface area contributed by atoms with Crippen LogP contribution in [0.15, 0.2) is 48.5 Å². The zero-order valence-corrected chi connectivity index (χ0v) is 19.5. The van der Waals surface area contributed by atoms with Crippen LogP contribution in [0.5, 0.6) is 0 Å². The molecule has 3 rings (SSSR count). The number of aliphatic hydroxyl groups is 1. The number of imidazole rings is 1. The summed E-state index contributed by atoms with van der Waals surface area (Å²) in [6.07, 6.45) is 0.783. The van der Waals surface area contributed by atoms with Crippen molar-refractivity contribution in [3.8, 4) is 17.2 Å². The highest BCUT2D eigenvalue weighted by atomic mass is 16.3. The van der Waals surface area contributed by atoms with Crippen LogP contribution in [0.25, 0.3) is 11.1 Å². The number of nitriles is 1. The van der Waals surface area contributed by atoms with Gasteiger partial charge in [-0.2, -0.15) is 5.26 Å². The molecule has 2 aromatic carbocycles. The lowest BCUT2D eigenvalue weighted by atomic mass is 9.95. The Labute approximate surface area is 194 Å². The summed E-state index contributed by atoms with van der Waals surface area (Å²) in [7, 11) is 0. The van der Waals surface area contributed by atoms with Gasteiger partial charge in [-0.25, -0.2) is 4.98 Å². The SMILES string of the molecule is CCCc1nc(C(O)C(C)C)c(C#N)n1Cc1ccc(-c2ccccc2C(=O)C(C)=O)cc1. The number of aromatic nitrogens is 2. The normalized spacial score (nSPS) is 11.9. The molecule has 1 heterocycles. The van der Waals surface area contributed by atoms with Crippen LogP contribution >= 0.6 is 0 Å². The Hall–Kier alpha value is -3.56. The molecule has 0 spiro atoms. The summed E-state index contributed by atoms with van der Waals surface area (Å²) in [6.45, 7) is 7.58. The van der Waals surface area contributed by atoms with Gasteiger partial charge < -0.3 is 9.67 Å². The summed E-state index contributed by atoms with van der Waals surface area (Å²) >= 11 is 0. The van der Waals surface area contributed by atoms with Crippen LogP contribution in [0.3, 0.4) is 0 Å². The second kappa shape index (κ2) is 10.4. The molecular formula is C27H29N3O3. The monoisotopic (exact) mass is 443 g/mol. The van der Waals surface area contributed by atoms with Crippen molar-refractivity contribution in [3.63, 3.8) is 0 Å². The predicted molar refractivity (Wildman–Crippen MR) is 127 cm³/mol. The van der Waals surface area contributed by atoms with Gasteiger partial charge in [-0.05, 0) is 29.0 Å². The molecule has 0 aliphatic carbocycles. The number of aryl methyl sites for hydroxylation is 1. The van der Waals surface area contributed by atoms with Gasteiger partial charge in [0.2, 0.25) is 5.78 Å². The number of ketones is 2. The highest BCUT2D eigenvalue weighted by Gasteiger charge is 2.24. The number of carbonyl (C=O) groups excluding carboxylic acids is 2. The molecule has 0 radical (unpaired) electrons. The van der Waals surface area contributed by atoms with Gasteiger partial charge in [0.1, 0.15) is 29.4 Å². The first kappa shape index (κ1) is 24.1. The van der Waals surface area contributed by atoms with E-state index in [9.17, 15) is 20.0 Å². The van der Waals surface area contributed by atoms with E-state index < -0.39 is 17.7 Å². The third-order valence-electron chi connectivity index (χ3n) is 5.66. The molecule has 0 aliphatic rings. The van der Waals surface area contributed by atoms with Crippen LogP contribution in [0.2, 0.25) is 0 Å². The second-order valence-electron chi connectivity index (χ2n) is 8.53. The molecule has 3 aromatic rings. The Bertz CT molecular complexity index is 1200. The number of carbonyl (C=O) groups is 2. The quantitative estimate of drug-likeness (QED) is 0.375. The summed E-state index contributed by atoms with van der Waals surface area (Å²) in [5.74, 6) is -0.268. The van der Waals surface area contributed by atoms with Gasteiger partial charge in [0.05, 0.1) is 0 Å². The minimum atomic E-state index is -0.797. The fourth-order valence-corrected chi connectivity index (χ4v) is 3.84. The molecule has 33 heavy (non-hydrogen) atoms. The van der Waals surface area contributed by atoms with E-state index in [-0.39, 0.29) is 5.92 Å². The maximum Gasteiger partial charge on any atom is 0.228 e. The van der Waals surface area contributed by atoms with Crippen molar-refractivity contribution in [2.24, 2.45) is 5.92 Å². The average molecular weight is 444 g/mol. The minimum absolute atomic E-state index is 0.0491. The van der Waals surface area contributed by atoms with Crippen molar-refractivity contribution < 1.29 is 14.7 Å². The summed E-state index contributed by atoms with van der Waals surface area (Å²) in [5, 5.41) is 20.4. The molecule has 0 saturated heterocycles. The molecule has 0 amide bonds. The number of hydrogen-bond donors (Lipinski definition) is 1. The Kier molecular flexibility index (Phi) is 7.57. The zero-order chi connectivity index (χ0) is 24.1. The number of benzene rings is 2. The van der Waals surface area contributed by atoms with Crippen molar-refractivity contribution in [3.05, 3.63) is 76.9 Å². The first-order valence-corrected chi connectivity index (χ1v) is 11.2. The summed E-state index contributed by atoms with van der Waals surface area (Å²) < 4.78 is 1.88. The van der Waals surface area contributed by atoms with Crippen molar-refractivity contribution in [1.29, 1.82) is 5.26 Å². The number of Topliss-reactive ketones (excluding diaryl/α,β-unsaturated/α-hetero) is 2. The van der Waals surface area contributed by atoms with Gasteiger partial charge in [0.15, 0.2) is 5.78 Å². The first-order valence-electron chi connectivity index (χ1n) is 11.2. The standard InChI is InChI=1S/C27H29N3O3/c1-5-8-24-29-25(26(32)17(2)3)23(15-28)30(24)16-19-11-13-20(14-12-19)21-9-6-7-10-22(21)27(33)18(4)31/h6-7,9-14,17,26,32H,5,8,16H2,1-4H3. The van der Waals surface area contributed by atoms with E-state index in [1.165, 1.54) is 6.92 Å². The van der Waals surface area contributed by atoms with Crippen molar-refractivity contribution >= 4 is 11.6 Å². The van der Waals surface area contributed by atoms with E-state index in [1.54, 1.807) is 12.1 Å². The molecule has 0 saturated carbocycles. The molecule has 1 aromatic heterocycles. The molecule has 6 nitrogen and oxygen atoms in total. The van der Waals surface area contributed by atoms with Gasteiger partial charge in [0.25, 0.3) is 0 Å². The maximum absolute atomic E-state index is 12.3. The van der Waals surface area contributed by atoms with Gasteiger partial charge in [-0.15, -0.1) is 0 Å². The average Bonchev–Trinajstić information content (AvgIpc) is 3.15. The minimum Gasteiger partial charge on any atom is -0.386 e. The number of nitrogens with zero attached hydrogens (tertiary/aromatic N) is 3. The fourth-order valence-electron chi connectivity index (χ4n) is 3.84. The third-order valence-corrected chi connectivity index (χ3v) is 5.66. The van der Waals surface area contributed by atoms with Crippen molar-refractivity contribution in [2.45, 2.75) is 53.2 Å². The first-order chi connectivity index (χ1) is 15.8. The number of hydrogen-bond acceptors (Lipinski definition) is 5. The molecule has 0 bridgehead atoms. The maximum atomic E-state index is 12.3. The van der Waals surface area contributed by atoms with E-state index in [0.29, 0.717) is 35.5 Å². The summed E-state index contributed by atoms with van der Waals surface area (Å²) in [5.41, 5.74) is 3.71. The molecule has 1 unspecified atom stereocenters. The molecule has 1 atom stereocenters. The van der Waals surface area contributed by atoms with Crippen LogP contribution in [-0.2, 0) is 17.8 Å². The van der Waals surface area contributed by atoms with E-state index in [2.05, 4.69) is 18.0 Å². The lowest BCUT2D eigenvalue weighted by molar-refractivity contribution is -0.113. The Balaban J connectivity index is 1.97. The van der Waals surface area contributed by atoms with Crippen LogP contribution in [0.1, 0.15) is 73.4 Å². The summed E-state index contributed by atoms with van der Waals surface area (Å²) in [6, 6.07) is 17.0. The Morgan fingerprint density at radius 1 is 1.12 bits per heavy atom. The second-order valence-corrected chi connectivity index (χ2v) is 8.53. The number of rotatable bonds is 9. The number of aliphatic hydroxyl groups excluding tert-OH is 1. The lowest BCUT2D eigenvalue weighted by Gasteiger charge is -2.13. The third kappa shape index (κ3) is 5.10. The van der Waals surface area contributed by atoms with Crippen molar-refractivity contribution in [2.75, 3.05) is 0 Å². The van der Waals surface area contributed by atoms with Crippen LogP contribution in [-0.4, -0.2) is 26.2 Å². The van der Waals surface area contributed by atoms with E-state index in [1.807, 2.05) is 54.8 Å². The predicted octanol–water partition coefficient (Wildman–Crippen LogP) is 4.88. The largest absolute Gasteiger partial charge is 0.386 e. The smallest absolute Gasteiger partial charge is 0.228 e. The van der Waals surface area contributed by atoms with Gasteiger partial charge in [-0.3, -0.25) is 9.59 Å². The van der Waals surface area contributed by atoms with Crippen LogP contribution in [0, 0.1) is 17.2 Å². The Morgan fingerprint density at radius 3 is 2.36 bits per heavy atom. The van der Waals surface area contributed by atoms with Gasteiger partial charge in [-0.1, -0.05) is 69.3 Å². The highest BCUT2D eigenvalue weighted by molar-refractivity contribution is 6.44. The highest BCUT2D eigenvalue weighted by Crippen LogP contribution is 2.28. The van der Waals surface area contributed by atoms with E-state index >= 15 is 0 Å². The van der Waals surface area contributed by atoms with E-state index in [4.69, 9.17) is 0 Å².